The molecule has 0 saturated heterocycles. The number of carbonyl (C=O) groups excluding carboxylic acids is 3. The molecule has 0 unspecified atom stereocenters. The maximum Gasteiger partial charge on any atom is 0.245 e. The van der Waals surface area contributed by atoms with E-state index in [1.165, 1.54) is 83.5 Å². The molecule has 242 valence electrons. The number of ether oxygens (including phenoxy) is 2. The highest BCUT2D eigenvalue weighted by atomic mass is 16.5. The van der Waals surface area contributed by atoms with Crippen molar-refractivity contribution in [3.05, 3.63) is 0 Å². The Morgan fingerprint density at radius 1 is 0.610 bits per heavy atom. The van der Waals surface area contributed by atoms with Crippen LogP contribution in [-0.4, -0.2) is 69.8 Å². The van der Waals surface area contributed by atoms with Crippen LogP contribution in [-0.2, 0) is 23.9 Å². The van der Waals surface area contributed by atoms with E-state index < -0.39 is 0 Å². The molecule has 0 fully saturated rings. The molecule has 0 bridgehead atoms. The first-order valence-corrected chi connectivity index (χ1v) is 16.7. The molecule has 41 heavy (non-hydrogen) atoms. The molecule has 0 saturated carbocycles. The third kappa shape index (κ3) is 29.6. The van der Waals surface area contributed by atoms with Gasteiger partial charge in [0.05, 0.1) is 25.9 Å². The molecule has 0 spiro atoms. The average molecular weight is 585 g/mol. The van der Waals surface area contributed by atoms with Gasteiger partial charge in [-0.3, -0.25) is 14.4 Å². The van der Waals surface area contributed by atoms with Crippen LogP contribution in [0, 0.1) is 0 Å². The van der Waals surface area contributed by atoms with Gasteiger partial charge in [-0.15, -0.1) is 0 Å². The number of amides is 3. The van der Waals surface area contributed by atoms with E-state index in [1.807, 2.05) is 6.92 Å². The van der Waals surface area contributed by atoms with Gasteiger partial charge in [0.1, 0.15) is 6.61 Å². The summed E-state index contributed by atoms with van der Waals surface area (Å²) in [5.74, 6) is -0.429. The second-order valence-corrected chi connectivity index (χ2v) is 11.1. The van der Waals surface area contributed by atoms with Crippen molar-refractivity contribution in [2.45, 2.75) is 142 Å². The minimum Gasteiger partial charge on any atom is -0.377 e. The zero-order valence-corrected chi connectivity index (χ0v) is 26.6. The lowest BCUT2D eigenvalue weighted by Gasteiger charge is -2.13. The maximum absolute atomic E-state index is 11.9. The molecule has 1 atom stereocenters. The summed E-state index contributed by atoms with van der Waals surface area (Å²) in [6.45, 7) is 7.04. The number of unbranched alkanes of at least 4 members (excludes halogenated alkanes) is 15. The normalized spacial score (nSPS) is 11.9. The van der Waals surface area contributed by atoms with Crippen LogP contribution >= 0.6 is 0 Å². The van der Waals surface area contributed by atoms with Crippen molar-refractivity contribution >= 4 is 17.7 Å². The highest BCUT2D eigenvalue weighted by Gasteiger charge is 2.12. The predicted octanol–water partition coefficient (Wildman–Crippen LogP) is 5.15. The molecule has 0 rings (SSSR count). The van der Waals surface area contributed by atoms with E-state index in [0.717, 1.165) is 25.7 Å². The molecular formula is C32H64N4O5. The highest BCUT2D eigenvalue weighted by Crippen LogP contribution is 2.13. The van der Waals surface area contributed by atoms with Crippen molar-refractivity contribution in [3.63, 3.8) is 0 Å². The van der Waals surface area contributed by atoms with Gasteiger partial charge in [0, 0.05) is 19.5 Å². The van der Waals surface area contributed by atoms with Gasteiger partial charge in [-0.25, -0.2) is 0 Å². The third-order valence-corrected chi connectivity index (χ3v) is 7.22. The van der Waals surface area contributed by atoms with Gasteiger partial charge < -0.3 is 31.2 Å². The smallest absolute Gasteiger partial charge is 0.245 e. The van der Waals surface area contributed by atoms with E-state index in [2.05, 4.69) is 22.9 Å². The van der Waals surface area contributed by atoms with E-state index in [9.17, 15) is 14.4 Å². The van der Waals surface area contributed by atoms with Gasteiger partial charge in [-0.2, -0.15) is 0 Å². The predicted molar refractivity (Wildman–Crippen MR) is 168 cm³/mol. The average Bonchev–Trinajstić information content (AvgIpc) is 2.95. The van der Waals surface area contributed by atoms with Crippen LogP contribution in [0.1, 0.15) is 136 Å². The van der Waals surface area contributed by atoms with E-state index >= 15 is 0 Å². The van der Waals surface area contributed by atoms with E-state index in [4.69, 9.17) is 15.2 Å². The molecule has 0 aliphatic carbocycles. The van der Waals surface area contributed by atoms with Gasteiger partial charge in [0.15, 0.2) is 0 Å². The van der Waals surface area contributed by atoms with E-state index in [1.54, 1.807) is 0 Å². The van der Waals surface area contributed by atoms with Crippen molar-refractivity contribution in [3.8, 4) is 0 Å². The van der Waals surface area contributed by atoms with Gasteiger partial charge in [0.25, 0.3) is 0 Å². The third-order valence-electron chi connectivity index (χ3n) is 7.22. The number of hydrogen-bond acceptors (Lipinski definition) is 6. The van der Waals surface area contributed by atoms with Crippen LogP contribution in [0.25, 0.3) is 0 Å². The second-order valence-electron chi connectivity index (χ2n) is 11.1. The molecule has 9 heteroatoms. The van der Waals surface area contributed by atoms with Gasteiger partial charge in [-0.05, 0) is 32.2 Å². The van der Waals surface area contributed by atoms with Crippen molar-refractivity contribution in [2.75, 3.05) is 46.1 Å². The number of primary amides is 1. The fourth-order valence-electron chi connectivity index (χ4n) is 4.74. The maximum atomic E-state index is 11.9. The number of nitrogens with one attached hydrogen (secondary N) is 3. The van der Waals surface area contributed by atoms with Crippen molar-refractivity contribution in [2.24, 2.45) is 5.73 Å². The molecule has 3 amide bonds. The summed E-state index contributed by atoms with van der Waals surface area (Å²) in [4.78, 5) is 35.0. The molecule has 0 aliphatic rings. The van der Waals surface area contributed by atoms with Crippen LogP contribution in [0.4, 0.5) is 0 Å². The van der Waals surface area contributed by atoms with Gasteiger partial charge in [0.2, 0.25) is 17.7 Å². The first-order valence-electron chi connectivity index (χ1n) is 16.7. The molecule has 0 aromatic rings. The number of rotatable bonds is 32. The molecule has 0 aliphatic heterocycles. The SMILES string of the molecule is CCCCCCCCCCCCCCCCCC(=O)NCCOCCOCC(=O)NCCCC[C@H](NCC)C(N)=O. The summed E-state index contributed by atoms with van der Waals surface area (Å²) in [7, 11) is 0. The van der Waals surface area contributed by atoms with Crippen LogP contribution in [0.15, 0.2) is 0 Å². The zero-order valence-electron chi connectivity index (χ0n) is 26.6. The molecular weight excluding hydrogens is 520 g/mol. The quantitative estimate of drug-likeness (QED) is 0.0809. The van der Waals surface area contributed by atoms with Gasteiger partial charge >= 0.3 is 0 Å². The minimum absolute atomic E-state index is 0.0132. The lowest BCUT2D eigenvalue weighted by Crippen LogP contribution is -2.41. The summed E-state index contributed by atoms with van der Waals surface area (Å²) >= 11 is 0. The molecule has 0 radical (unpaired) electrons. The summed E-state index contributed by atoms with van der Waals surface area (Å²) in [6, 6.07) is -0.314. The first-order chi connectivity index (χ1) is 20.0. The fourth-order valence-corrected chi connectivity index (χ4v) is 4.74. The van der Waals surface area contributed by atoms with E-state index in [-0.39, 0.29) is 30.4 Å². The Balaban J connectivity index is 3.34. The van der Waals surface area contributed by atoms with Crippen LogP contribution in [0.5, 0.6) is 0 Å². The number of nitrogens with two attached hydrogens (primary N) is 1. The Kier molecular flexibility index (Phi) is 29.9. The Hall–Kier alpha value is -1.71. The van der Waals surface area contributed by atoms with Crippen molar-refractivity contribution in [1.82, 2.24) is 16.0 Å². The fraction of sp³-hybridized carbons (Fsp3) is 0.906. The molecule has 9 nitrogen and oxygen atoms in total. The molecule has 5 N–H and O–H groups in total. The summed E-state index contributed by atoms with van der Waals surface area (Å²) < 4.78 is 10.8. The van der Waals surface area contributed by atoms with Gasteiger partial charge in [-0.1, -0.05) is 104 Å². The van der Waals surface area contributed by atoms with E-state index in [0.29, 0.717) is 52.3 Å². The standard InChI is InChI=1S/C32H64N4O5/c1-3-5-6-7-8-9-10-11-12-13-14-15-16-17-18-22-30(37)36-24-25-40-26-27-41-28-31(38)35-23-20-19-21-29(32(33)39)34-4-2/h29,34H,3-28H2,1-2H3,(H2,33,39)(H,35,38)(H,36,37)/t29-/m0/s1. The van der Waals surface area contributed by atoms with Crippen molar-refractivity contribution < 1.29 is 23.9 Å². The van der Waals surface area contributed by atoms with Crippen LogP contribution < -0.4 is 21.7 Å². The number of carbonyl (C=O) groups is 3. The Labute approximate surface area is 251 Å². The minimum atomic E-state index is -0.343. The van der Waals surface area contributed by atoms with Crippen LogP contribution in [0.2, 0.25) is 0 Å². The molecule has 0 aromatic carbocycles. The molecule has 0 heterocycles. The number of likely N-dealkylation sites (N-methyl/N-ethyl adjacent to an activating group) is 1. The molecule has 0 aromatic heterocycles. The van der Waals surface area contributed by atoms with Crippen molar-refractivity contribution in [1.29, 1.82) is 0 Å². The first kappa shape index (κ1) is 39.3. The summed E-state index contributed by atoms with van der Waals surface area (Å²) in [6.07, 6.45) is 22.6. The number of hydrogen-bond donors (Lipinski definition) is 4. The Morgan fingerprint density at radius 2 is 1.15 bits per heavy atom. The van der Waals surface area contributed by atoms with Crippen LogP contribution in [0.3, 0.4) is 0 Å². The Morgan fingerprint density at radius 3 is 1.71 bits per heavy atom. The summed E-state index contributed by atoms with van der Waals surface area (Å²) in [5.41, 5.74) is 5.35. The Bertz CT molecular complexity index is 621. The summed E-state index contributed by atoms with van der Waals surface area (Å²) in [5, 5.41) is 8.75. The lowest BCUT2D eigenvalue weighted by molar-refractivity contribution is -0.126. The largest absolute Gasteiger partial charge is 0.377 e. The monoisotopic (exact) mass is 584 g/mol. The second kappa shape index (κ2) is 31.2. The lowest BCUT2D eigenvalue weighted by atomic mass is 10.0. The topological polar surface area (TPSA) is 132 Å². The zero-order chi connectivity index (χ0) is 30.2. The highest BCUT2D eigenvalue weighted by molar-refractivity contribution is 5.79.